The van der Waals surface area contributed by atoms with Crippen molar-refractivity contribution >= 4 is 17.2 Å². The monoisotopic (exact) mass is 217 g/mol. The SMILES string of the molecule is C/C(=C\c1cnc2ccoc2c1C)C(C)O. The fourth-order valence-corrected chi connectivity index (χ4v) is 1.56. The lowest BCUT2D eigenvalue weighted by atomic mass is 10.1. The van der Waals surface area contributed by atoms with Gasteiger partial charge in [-0.1, -0.05) is 6.08 Å². The van der Waals surface area contributed by atoms with E-state index in [2.05, 4.69) is 4.98 Å². The van der Waals surface area contributed by atoms with Crippen LogP contribution in [0, 0.1) is 6.92 Å². The third-order valence-electron chi connectivity index (χ3n) is 2.80. The van der Waals surface area contributed by atoms with Crippen molar-refractivity contribution in [1.82, 2.24) is 4.98 Å². The fraction of sp³-hybridized carbons (Fsp3) is 0.308. The van der Waals surface area contributed by atoms with E-state index in [0.29, 0.717) is 0 Å². The maximum Gasteiger partial charge on any atom is 0.155 e. The number of aliphatic hydroxyl groups excluding tert-OH is 1. The highest BCUT2D eigenvalue weighted by Gasteiger charge is 2.07. The average molecular weight is 217 g/mol. The molecule has 0 spiro atoms. The van der Waals surface area contributed by atoms with Crippen LogP contribution in [0.1, 0.15) is 25.0 Å². The van der Waals surface area contributed by atoms with Crippen LogP contribution >= 0.6 is 0 Å². The first kappa shape index (κ1) is 10.9. The van der Waals surface area contributed by atoms with E-state index in [1.807, 2.05) is 26.0 Å². The number of hydrogen-bond donors (Lipinski definition) is 1. The molecule has 0 aliphatic rings. The molecule has 0 aliphatic carbocycles. The number of aromatic nitrogens is 1. The Balaban J connectivity index is 2.53. The fourth-order valence-electron chi connectivity index (χ4n) is 1.56. The van der Waals surface area contributed by atoms with Crippen LogP contribution in [0.15, 0.2) is 28.5 Å². The zero-order chi connectivity index (χ0) is 11.7. The molecule has 2 aromatic rings. The molecule has 0 saturated heterocycles. The first-order chi connectivity index (χ1) is 7.59. The second-order valence-electron chi connectivity index (χ2n) is 4.04. The van der Waals surface area contributed by atoms with Gasteiger partial charge in [0.2, 0.25) is 0 Å². The van der Waals surface area contributed by atoms with Crippen molar-refractivity contribution in [3.63, 3.8) is 0 Å². The molecule has 0 amide bonds. The molecule has 3 heteroatoms. The Morgan fingerprint density at radius 3 is 3.00 bits per heavy atom. The number of aliphatic hydroxyl groups is 1. The van der Waals surface area contributed by atoms with Crippen LogP contribution in [0.3, 0.4) is 0 Å². The lowest BCUT2D eigenvalue weighted by Crippen LogP contribution is -2.00. The predicted molar refractivity (Wildman–Crippen MR) is 64.1 cm³/mol. The van der Waals surface area contributed by atoms with Gasteiger partial charge >= 0.3 is 0 Å². The molecule has 84 valence electrons. The third-order valence-corrected chi connectivity index (χ3v) is 2.80. The van der Waals surface area contributed by atoms with Gasteiger partial charge < -0.3 is 9.52 Å². The molecule has 0 bridgehead atoms. The maximum atomic E-state index is 9.43. The Hall–Kier alpha value is -1.61. The normalized spacial score (nSPS) is 14.4. The maximum absolute atomic E-state index is 9.43. The van der Waals surface area contributed by atoms with Crippen molar-refractivity contribution < 1.29 is 9.52 Å². The van der Waals surface area contributed by atoms with Crippen LogP contribution in [0.5, 0.6) is 0 Å². The second kappa shape index (κ2) is 4.10. The van der Waals surface area contributed by atoms with Gasteiger partial charge in [0.15, 0.2) is 5.58 Å². The highest BCUT2D eigenvalue weighted by atomic mass is 16.3. The van der Waals surface area contributed by atoms with E-state index < -0.39 is 6.10 Å². The quantitative estimate of drug-likeness (QED) is 0.841. The molecule has 2 heterocycles. The molecule has 3 nitrogen and oxygen atoms in total. The summed E-state index contributed by atoms with van der Waals surface area (Å²) in [5, 5.41) is 9.43. The van der Waals surface area contributed by atoms with Crippen LogP contribution in [0.2, 0.25) is 0 Å². The lowest BCUT2D eigenvalue weighted by Gasteiger charge is -2.06. The minimum atomic E-state index is -0.438. The molecule has 0 aliphatic heterocycles. The molecule has 0 fully saturated rings. The Morgan fingerprint density at radius 2 is 2.31 bits per heavy atom. The Bertz CT molecular complexity index is 538. The summed E-state index contributed by atoms with van der Waals surface area (Å²) >= 11 is 0. The van der Waals surface area contributed by atoms with E-state index in [9.17, 15) is 5.11 Å². The molecule has 16 heavy (non-hydrogen) atoms. The van der Waals surface area contributed by atoms with Crippen molar-refractivity contribution in [3.05, 3.63) is 35.2 Å². The van der Waals surface area contributed by atoms with E-state index in [1.54, 1.807) is 19.4 Å². The van der Waals surface area contributed by atoms with E-state index in [1.165, 1.54) is 0 Å². The molecule has 2 aromatic heterocycles. The van der Waals surface area contributed by atoms with Crippen LogP contribution in [0.4, 0.5) is 0 Å². The number of furan rings is 1. The number of fused-ring (bicyclic) bond motifs is 1. The number of nitrogens with zero attached hydrogens (tertiary/aromatic N) is 1. The van der Waals surface area contributed by atoms with Crippen LogP contribution in [-0.4, -0.2) is 16.2 Å². The summed E-state index contributed by atoms with van der Waals surface area (Å²) in [5.74, 6) is 0. The van der Waals surface area contributed by atoms with Gasteiger partial charge in [-0.05, 0) is 31.9 Å². The third kappa shape index (κ3) is 1.86. The van der Waals surface area contributed by atoms with Gasteiger partial charge in [0, 0.05) is 17.8 Å². The number of aryl methyl sites for hydroxylation is 1. The summed E-state index contributed by atoms with van der Waals surface area (Å²) in [6, 6.07) is 1.84. The average Bonchev–Trinajstić information content (AvgIpc) is 2.70. The van der Waals surface area contributed by atoms with Gasteiger partial charge in [0.25, 0.3) is 0 Å². The Labute approximate surface area is 94.4 Å². The standard InChI is InChI=1S/C13H15NO2/c1-8(10(3)15)6-11-7-14-12-4-5-16-13(12)9(11)2/h4-7,10,15H,1-3H3/b8-6+. The number of hydrogen-bond acceptors (Lipinski definition) is 3. The first-order valence-corrected chi connectivity index (χ1v) is 5.28. The molecular weight excluding hydrogens is 202 g/mol. The highest BCUT2D eigenvalue weighted by Crippen LogP contribution is 2.22. The van der Waals surface area contributed by atoms with Gasteiger partial charge in [-0.3, -0.25) is 4.98 Å². The smallest absolute Gasteiger partial charge is 0.155 e. The van der Waals surface area contributed by atoms with Gasteiger partial charge in [-0.15, -0.1) is 0 Å². The zero-order valence-corrected chi connectivity index (χ0v) is 9.69. The highest BCUT2D eigenvalue weighted by molar-refractivity contribution is 5.79. The van der Waals surface area contributed by atoms with Crippen LogP contribution < -0.4 is 0 Å². The van der Waals surface area contributed by atoms with Crippen molar-refractivity contribution in [2.75, 3.05) is 0 Å². The van der Waals surface area contributed by atoms with Crippen LogP contribution in [0.25, 0.3) is 17.2 Å². The van der Waals surface area contributed by atoms with Gasteiger partial charge in [-0.25, -0.2) is 0 Å². The van der Waals surface area contributed by atoms with Gasteiger partial charge in [-0.2, -0.15) is 0 Å². The van der Waals surface area contributed by atoms with Gasteiger partial charge in [0.05, 0.1) is 12.4 Å². The molecule has 2 rings (SSSR count). The summed E-state index contributed by atoms with van der Waals surface area (Å²) in [6.07, 6.45) is 4.94. The number of pyridine rings is 1. The molecule has 1 unspecified atom stereocenters. The topological polar surface area (TPSA) is 46.3 Å². The molecular formula is C13H15NO2. The molecule has 1 N–H and O–H groups in total. The first-order valence-electron chi connectivity index (χ1n) is 5.28. The summed E-state index contributed by atoms with van der Waals surface area (Å²) in [6.45, 7) is 5.64. The second-order valence-corrected chi connectivity index (χ2v) is 4.04. The summed E-state index contributed by atoms with van der Waals surface area (Å²) in [7, 11) is 0. The Morgan fingerprint density at radius 1 is 1.56 bits per heavy atom. The van der Waals surface area contributed by atoms with E-state index in [4.69, 9.17) is 4.42 Å². The molecule has 0 saturated carbocycles. The van der Waals surface area contributed by atoms with E-state index in [-0.39, 0.29) is 0 Å². The van der Waals surface area contributed by atoms with E-state index in [0.717, 1.165) is 27.8 Å². The van der Waals surface area contributed by atoms with Crippen molar-refractivity contribution in [2.45, 2.75) is 26.9 Å². The lowest BCUT2D eigenvalue weighted by molar-refractivity contribution is 0.232. The zero-order valence-electron chi connectivity index (χ0n) is 9.69. The van der Waals surface area contributed by atoms with Gasteiger partial charge in [0.1, 0.15) is 5.52 Å². The molecule has 0 aromatic carbocycles. The largest absolute Gasteiger partial charge is 0.462 e. The Kier molecular flexibility index (Phi) is 2.79. The minimum absolute atomic E-state index is 0.438. The van der Waals surface area contributed by atoms with Crippen molar-refractivity contribution in [2.24, 2.45) is 0 Å². The van der Waals surface area contributed by atoms with Crippen molar-refractivity contribution in [1.29, 1.82) is 0 Å². The van der Waals surface area contributed by atoms with E-state index >= 15 is 0 Å². The minimum Gasteiger partial charge on any atom is -0.462 e. The molecule has 0 radical (unpaired) electrons. The number of rotatable bonds is 2. The van der Waals surface area contributed by atoms with Crippen molar-refractivity contribution in [3.8, 4) is 0 Å². The summed E-state index contributed by atoms with van der Waals surface area (Å²) in [4.78, 5) is 4.29. The summed E-state index contributed by atoms with van der Waals surface area (Å²) < 4.78 is 5.38. The summed E-state index contributed by atoms with van der Waals surface area (Å²) in [5.41, 5.74) is 4.63. The predicted octanol–water partition coefficient (Wildman–Crippen LogP) is 2.92. The molecule has 1 atom stereocenters. The van der Waals surface area contributed by atoms with Crippen LogP contribution in [-0.2, 0) is 0 Å².